The summed E-state index contributed by atoms with van der Waals surface area (Å²) in [6.45, 7) is 5.70. The van der Waals surface area contributed by atoms with Gasteiger partial charge in [0.15, 0.2) is 0 Å². The number of nitrogens with one attached hydrogen (secondary N) is 2. The minimum atomic E-state index is -0.737. The highest BCUT2D eigenvalue weighted by molar-refractivity contribution is 6.31. The second-order valence-electron chi connectivity index (χ2n) is 6.61. The SMILES string of the molecule is COc1ccc2[nH]cc(C(C)(C)C(=O)Nc3cccc(Cl)c3C)c2c1. The van der Waals surface area contributed by atoms with Gasteiger partial charge in [0, 0.05) is 27.8 Å². The van der Waals surface area contributed by atoms with Crippen LogP contribution in [0.3, 0.4) is 0 Å². The second kappa shape index (κ2) is 6.45. The van der Waals surface area contributed by atoms with Gasteiger partial charge in [-0.25, -0.2) is 0 Å². The molecule has 2 N–H and O–H groups in total. The quantitative estimate of drug-likeness (QED) is 0.686. The van der Waals surface area contributed by atoms with Gasteiger partial charge in [-0.3, -0.25) is 4.79 Å². The highest BCUT2D eigenvalue weighted by Gasteiger charge is 2.32. The minimum Gasteiger partial charge on any atom is -0.497 e. The van der Waals surface area contributed by atoms with Crippen molar-refractivity contribution in [2.45, 2.75) is 26.2 Å². The Bertz CT molecular complexity index is 944. The smallest absolute Gasteiger partial charge is 0.234 e. The maximum atomic E-state index is 13.0. The molecule has 3 rings (SSSR count). The van der Waals surface area contributed by atoms with Gasteiger partial charge in [0.25, 0.3) is 0 Å². The first-order chi connectivity index (χ1) is 11.8. The van der Waals surface area contributed by atoms with Gasteiger partial charge in [-0.15, -0.1) is 0 Å². The Morgan fingerprint density at radius 2 is 2.00 bits per heavy atom. The number of carbonyl (C=O) groups excluding carboxylic acids is 1. The first-order valence-corrected chi connectivity index (χ1v) is 8.44. The lowest BCUT2D eigenvalue weighted by Gasteiger charge is -2.24. The molecule has 5 heteroatoms. The lowest BCUT2D eigenvalue weighted by Crippen LogP contribution is -2.34. The van der Waals surface area contributed by atoms with Gasteiger partial charge in [0.2, 0.25) is 5.91 Å². The number of aromatic amines is 1. The number of H-pyrrole nitrogens is 1. The van der Waals surface area contributed by atoms with E-state index in [1.165, 1.54) is 0 Å². The van der Waals surface area contributed by atoms with Crippen LogP contribution in [0.15, 0.2) is 42.6 Å². The van der Waals surface area contributed by atoms with Crippen LogP contribution in [0.5, 0.6) is 5.75 Å². The molecule has 4 nitrogen and oxygen atoms in total. The zero-order valence-corrected chi connectivity index (χ0v) is 15.5. The Labute approximate surface area is 152 Å². The third-order valence-electron chi connectivity index (χ3n) is 4.65. The lowest BCUT2D eigenvalue weighted by atomic mass is 9.83. The predicted octanol–water partition coefficient (Wildman–Crippen LogP) is 5.05. The first kappa shape index (κ1) is 17.4. The van der Waals surface area contributed by atoms with E-state index in [1.54, 1.807) is 7.11 Å². The fourth-order valence-electron chi connectivity index (χ4n) is 2.89. The molecule has 0 bridgehead atoms. The number of carbonyl (C=O) groups is 1. The van der Waals surface area contributed by atoms with Crippen molar-refractivity contribution in [1.29, 1.82) is 0 Å². The van der Waals surface area contributed by atoms with E-state index in [4.69, 9.17) is 16.3 Å². The number of amides is 1. The zero-order valence-electron chi connectivity index (χ0n) is 14.7. The summed E-state index contributed by atoms with van der Waals surface area (Å²) in [7, 11) is 1.63. The lowest BCUT2D eigenvalue weighted by molar-refractivity contribution is -0.120. The van der Waals surface area contributed by atoms with Crippen LogP contribution in [0.2, 0.25) is 5.02 Å². The van der Waals surface area contributed by atoms with Crippen LogP contribution in [-0.2, 0) is 10.2 Å². The molecule has 0 unspecified atom stereocenters. The van der Waals surface area contributed by atoms with Crippen molar-refractivity contribution in [3.8, 4) is 5.75 Å². The molecule has 1 aromatic heterocycles. The Morgan fingerprint density at radius 3 is 2.72 bits per heavy atom. The molecular formula is C20H21ClN2O2. The van der Waals surface area contributed by atoms with Gasteiger partial charge in [0.05, 0.1) is 12.5 Å². The minimum absolute atomic E-state index is 0.0958. The monoisotopic (exact) mass is 356 g/mol. The molecule has 0 fully saturated rings. The number of halogens is 1. The molecule has 3 aromatic rings. The Kier molecular flexibility index (Phi) is 4.48. The average Bonchev–Trinajstić information content (AvgIpc) is 3.02. The molecule has 0 saturated carbocycles. The Balaban J connectivity index is 1.98. The van der Waals surface area contributed by atoms with Gasteiger partial charge in [-0.1, -0.05) is 17.7 Å². The number of ether oxygens (including phenoxy) is 1. The number of aromatic nitrogens is 1. The summed E-state index contributed by atoms with van der Waals surface area (Å²) in [5.74, 6) is 0.664. The summed E-state index contributed by atoms with van der Waals surface area (Å²) in [4.78, 5) is 16.2. The van der Waals surface area contributed by atoms with Crippen LogP contribution in [0.1, 0.15) is 25.0 Å². The molecule has 0 saturated heterocycles. The van der Waals surface area contributed by atoms with Gasteiger partial charge in [-0.05, 0) is 62.2 Å². The zero-order chi connectivity index (χ0) is 18.2. The van der Waals surface area contributed by atoms with Gasteiger partial charge < -0.3 is 15.0 Å². The fraction of sp³-hybridized carbons (Fsp3) is 0.250. The normalized spacial score (nSPS) is 11.6. The second-order valence-corrected chi connectivity index (χ2v) is 7.01. The van der Waals surface area contributed by atoms with Crippen molar-refractivity contribution >= 4 is 34.1 Å². The Hall–Kier alpha value is -2.46. The van der Waals surface area contributed by atoms with Crippen molar-refractivity contribution in [3.05, 3.63) is 58.7 Å². The van der Waals surface area contributed by atoms with E-state index in [0.717, 1.165) is 33.5 Å². The van der Waals surface area contributed by atoms with E-state index in [2.05, 4.69) is 10.3 Å². The van der Waals surface area contributed by atoms with Crippen molar-refractivity contribution < 1.29 is 9.53 Å². The number of rotatable bonds is 4. The molecule has 2 aromatic carbocycles. The van der Waals surface area contributed by atoms with Gasteiger partial charge in [-0.2, -0.15) is 0 Å². The van der Waals surface area contributed by atoms with Crippen molar-refractivity contribution in [2.75, 3.05) is 12.4 Å². The summed E-state index contributed by atoms with van der Waals surface area (Å²) in [5.41, 5.74) is 2.73. The maximum absolute atomic E-state index is 13.0. The van der Waals surface area contributed by atoms with E-state index in [9.17, 15) is 4.79 Å². The third kappa shape index (κ3) is 3.10. The third-order valence-corrected chi connectivity index (χ3v) is 5.06. The Morgan fingerprint density at radius 1 is 1.24 bits per heavy atom. The van der Waals surface area contributed by atoms with Gasteiger partial charge >= 0.3 is 0 Å². The molecular weight excluding hydrogens is 336 g/mol. The molecule has 0 aliphatic carbocycles. The van der Waals surface area contributed by atoms with E-state index < -0.39 is 5.41 Å². The fourth-order valence-corrected chi connectivity index (χ4v) is 3.06. The van der Waals surface area contributed by atoms with Crippen LogP contribution in [0.4, 0.5) is 5.69 Å². The number of fused-ring (bicyclic) bond motifs is 1. The molecule has 0 radical (unpaired) electrons. The topological polar surface area (TPSA) is 54.1 Å². The van der Waals surface area contributed by atoms with E-state index in [1.807, 2.05) is 63.4 Å². The number of hydrogen-bond acceptors (Lipinski definition) is 2. The van der Waals surface area contributed by atoms with Crippen LogP contribution >= 0.6 is 11.6 Å². The average molecular weight is 357 g/mol. The number of benzene rings is 2. The first-order valence-electron chi connectivity index (χ1n) is 8.06. The summed E-state index contributed by atoms with van der Waals surface area (Å²) in [6.07, 6.45) is 1.88. The standard InChI is InChI=1S/C20H21ClN2O2/c1-12-16(21)6-5-7-17(12)23-19(24)20(2,3)15-11-22-18-9-8-13(25-4)10-14(15)18/h5-11,22H,1-4H3,(H,23,24). The molecule has 1 amide bonds. The predicted molar refractivity (Wildman–Crippen MR) is 103 cm³/mol. The number of hydrogen-bond donors (Lipinski definition) is 2. The summed E-state index contributed by atoms with van der Waals surface area (Å²) < 4.78 is 5.32. The number of methoxy groups -OCH3 is 1. The van der Waals surface area contributed by atoms with Crippen LogP contribution in [0, 0.1) is 6.92 Å². The van der Waals surface area contributed by atoms with Crippen LogP contribution in [0.25, 0.3) is 10.9 Å². The van der Waals surface area contributed by atoms with E-state index in [-0.39, 0.29) is 5.91 Å². The summed E-state index contributed by atoms with van der Waals surface area (Å²) in [6, 6.07) is 11.3. The molecule has 0 spiro atoms. The molecule has 25 heavy (non-hydrogen) atoms. The van der Waals surface area contributed by atoms with E-state index >= 15 is 0 Å². The molecule has 130 valence electrons. The largest absolute Gasteiger partial charge is 0.497 e. The molecule has 1 heterocycles. The summed E-state index contributed by atoms with van der Waals surface area (Å²) >= 11 is 6.15. The van der Waals surface area contributed by atoms with Crippen molar-refractivity contribution in [3.63, 3.8) is 0 Å². The molecule has 0 atom stereocenters. The highest BCUT2D eigenvalue weighted by Crippen LogP contribution is 2.34. The van der Waals surface area contributed by atoms with Crippen molar-refractivity contribution in [2.24, 2.45) is 0 Å². The van der Waals surface area contributed by atoms with Crippen LogP contribution < -0.4 is 10.1 Å². The number of anilines is 1. The van der Waals surface area contributed by atoms with Crippen LogP contribution in [-0.4, -0.2) is 18.0 Å². The van der Waals surface area contributed by atoms with E-state index in [0.29, 0.717) is 5.02 Å². The maximum Gasteiger partial charge on any atom is 0.234 e. The molecule has 0 aliphatic heterocycles. The van der Waals surface area contributed by atoms with Gasteiger partial charge in [0.1, 0.15) is 5.75 Å². The summed E-state index contributed by atoms with van der Waals surface area (Å²) in [5, 5.41) is 4.61. The molecule has 0 aliphatic rings. The highest BCUT2D eigenvalue weighted by atomic mass is 35.5. The van der Waals surface area contributed by atoms with Crippen molar-refractivity contribution in [1.82, 2.24) is 4.98 Å².